The van der Waals surface area contributed by atoms with Gasteiger partial charge in [-0.1, -0.05) is 0 Å². The summed E-state index contributed by atoms with van der Waals surface area (Å²) in [4.78, 5) is 22.9. The molecule has 6 saturated carbocycles. The van der Waals surface area contributed by atoms with Crippen molar-refractivity contribution in [2.24, 2.45) is 47.0 Å². The third-order valence-corrected chi connectivity index (χ3v) is 7.51. The molecule has 0 saturated heterocycles. The molecule has 4 bridgehead atoms. The van der Waals surface area contributed by atoms with Crippen LogP contribution in [0.2, 0.25) is 0 Å². The van der Waals surface area contributed by atoms with Gasteiger partial charge < -0.3 is 20.9 Å². The van der Waals surface area contributed by atoms with Crippen LogP contribution in [0.4, 0.5) is 0 Å². The van der Waals surface area contributed by atoms with Crippen molar-refractivity contribution in [3.63, 3.8) is 0 Å². The molecule has 6 fully saturated rings. The fourth-order valence-corrected chi connectivity index (χ4v) is 5.96. The number of hydrogen-bond acceptors (Lipinski definition) is 6. The third kappa shape index (κ3) is 4.94. The van der Waals surface area contributed by atoms with Gasteiger partial charge >= 0.3 is 11.9 Å². The van der Waals surface area contributed by atoms with Gasteiger partial charge in [0.05, 0.1) is 26.1 Å². The average Bonchev–Trinajstić information content (AvgIpc) is 2.69. The van der Waals surface area contributed by atoms with Crippen LogP contribution in [0, 0.1) is 35.5 Å². The Morgan fingerprint density at radius 1 is 0.607 bits per heavy atom. The maximum atomic E-state index is 11.5. The lowest BCUT2D eigenvalue weighted by Crippen LogP contribution is -2.52. The molecule has 164 valence electrons. The van der Waals surface area contributed by atoms with Crippen molar-refractivity contribution in [1.82, 2.24) is 0 Å². The fourth-order valence-electron chi connectivity index (χ4n) is 5.96. The zero-order valence-electron chi connectivity index (χ0n) is 16.9. The van der Waals surface area contributed by atoms with E-state index < -0.39 is 0 Å². The van der Waals surface area contributed by atoms with Crippen LogP contribution >= 0.6 is 24.8 Å². The Hall–Kier alpha value is -0.560. The van der Waals surface area contributed by atoms with E-state index in [0.29, 0.717) is 23.7 Å². The minimum atomic E-state index is -0.0955. The summed E-state index contributed by atoms with van der Waals surface area (Å²) in [6, 6.07) is 0.111. The van der Waals surface area contributed by atoms with E-state index in [0.717, 1.165) is 25.7 Å². The van der Waals surface area contributed by atoms with Crippen molar-refractivity contribution in [3.05, 3.63) is 0 Å². The Kier molecular flexibility index (Phi) is 10.0. The van der Waals surface area contributed by atoms with E-state index >= 15 is 0 Å². The molecule has 0 amide bonds. The van der Waals surface area contributed by atoms with Crippen LogP contribution in [0.15, 0.2) is 0 Å². The van der Waals surface area contributed by atoms with Crippen LogP contribution in [0.3, 0.4) is 0 Å². The van der Waals surface area contributed by atoms with Gasteiger partial charge in [-0.15, -0.1) is 24.8 Å². The first-order valence-electron chi connectivity index (χ1n) is 10.1. The highest BCUT2D eigenvalue weighted by Crippen LogP contribution is 2.45. The Morgan fingerprint density at radius 2 is 0.857 bits per heavy atom. The molecule has 8 heteroatoms. The smallest absolute Gasteiger partial charge is 0.310 e. The van der Waals surface area contributed by atoms with E-state index in [9.17, 15) is 9.59 Å². The molecule has 4 N–H and O–H groups in total. The molecule has 0 aromatic heterocycles. The standard InChI is InChI=1S/2C10H17NO2.2ClH/c2*1-13-10(12)8-6-2-4-7(5-3-6)9(8)11;;/h2*6-9H,2-5,11H2,1H3;2*1H/t2*6?,7?,8-,9-;;/m10../s1. The number of carbonyl (C=O) groups is 2. The molecule has 6 nitrogen and oxygen atoms in total. The van der Waals surface area contributed by atoms with Crippen molar-refractivity contribution in [1.29, 1.82) is 0 Å². The normalized spacial score (nSPS) is 40.1. The largest absolute Gasteiger partial charge is 0.469 e. The maximum Gasteiger partial charge on any atom is 0.310 e. The van der Waals surface area contributed by atoms with Gasteiger partial charge in [0.2, 0.25) is 0 Å². The number of nitrogens with two attached hydrogens (primary N) is 2. The molecular formula is C20H36Cl2N2O4. The summed E-state index contributed by atoms with van der Waals surface area (Å²) in [5, 5.41) is 0. The molecule has 0 aromatic rings. The molecule has 0 spiro atoms. The Morgan fingerprint density at radius 3 is 1.07 bits per heavy atom. The Bertz CT molecular complexity index is 470. The summed E-state index contributed by atoms with van der Waals surface area (Å²) < 4.78 is 9.59. The van der Waals surface area contributed by atoms with E-state index in [1.807, 2.05) is 0 Å². The summed E-state index contributed by atoms with van der Waals surface area (Å²) >= 11 is 0. The van der Waals surface area contributed by atoms with Gasteiger partial charge in [-0.25, -0.2) is 0 Å². The lowest BCUT2D eigenvalue weighted by atomic mass is 9.62. The van der Waals surface area contributed by atoms with Crippen molar-refractivity contribution >= 4 is 36.8 Å². The van der Waals surface area contributed by atoms with E-state index in [2.05, 4.69) is 0 Å². The average molecular weight is 439 g/mol. The second-order valence-corrected chi connectivity index (χ2v) is 8.60. The summed E-state index contributed by atoms with van der Waals surface area (Å²) in [5.41, 5.74) is 12.1. The molecule has 0 heterocycles. The number of halogens is 2. The minimum Gasteiger partial charge on any atom is -0.469 e. The van der Waals surface area contributed by atoms with Crippen LogP contribution in [0.1, 0.15) is 51.4 Å². The second-order valence-electron chi connectivity index (χ2n) is 8.60. The van der Waals surface area contributed by atoms with Gasteiger partial charge in [0.25, 0.3) is 0 Å². The van der Waals surface area contributed by atoms with Crippen LogP contribution in [-0.2, 0) is 19.1 Å². The Labute approximate surface area is 180 Å². The highest BCUT2D eigenvalue weighted by Gasteiger charge is 2.46. The van der Waals surface area contributed by atoms with E-state index in [-0.39, 0.29) is 60.7 Å². The lowest BCUT2D eigenvalue weighted by Gasteiger charge is -2.45. The molecule has 6 aliphatic carbocycles. The van der Waals surface area contributed by atoms with Crippen LogP contribution in [0.25, 0.3) is 0 Å². The predicted molar refractivity (Wildman–Crippen MR) is 112 cm³/mol. The summed E-state index contributed by atoms with van der Waals surface area (Å²) in [6.07, 6.45) is 9.49. The molecule has 0 aliphatic heterocycles. The molecule has 0 unspecified atom stereocenters. The first-order valence-corrected chi connectivity index (χ1v) is 10.1. The number of ether oxygens (including phenoxy) is 2. The zero-order chi connectivity index (χ0) is 18.8. The molecule has 0 aromatic carbocycles. The van der Waals surface area contributed by atoms with E-state index in [1.165, 1.54) is 39.9 Å². The monoisotopic (exact) mass is 438 g/mol. The Balaban J connectivity index is 0.000000261. The molecule has 0 radical (unpaired) electrons. The summed E-state index contributed by atoms with van der Waals surface area (Å²) in [6.45, 7) is 0. The number of carbonyl (C=O) groups excluding carboxylic acids is 2. The number of fused-ring (bicyclic) bond motifs is 6. The fraction of sp³-hybridized carbons (Fsp3) is 0.900. The van der Waals surface area contributed by atoms with E-state index in [1.54, 1.807) is 0 Å². The molecule has 28 heavy (non-hydrogen) atoms. The van der Waals surface area contributed by atoms with Crippen LogP contribution < -0.4 is 11.5 Å². The third-order valence-electron chi connectivity index (χ3n) is 7.51. The second kappa shape index (κ2) is 11.0. The first-order chi connectivity index (χ1) is 12.5. The van der Waals surface area contributed by atoms with Crippen LogP contribution in [0.5, 0.6) is 0 Å². The van der Waals surface area contributed by atoms with Gasteiger partial charge in [0.15, 0.2) is 0 Å². The zero-order valence-corrected chi connectivity index (χ0v) is 18.5. The van der Waals surface area contributed by atoms with Gasteiger partial charge in [-0.05, 0) is 75.0 Å². The summed E-state index contributed by atoms with van der Waals surface area (Å²) in [5.74, 6) is 1.89. The van der Waals surface area contributed by atoms with Crippen molar-refractivity contribution in [2.75, 3.05) is 14.2 Å². The number of esters is 2. The van der Waals surface area contributed by atoms with Crippen molar-refractivity contribution in [2.45, 2.75) is 63.5 Å². The SMILES string of the molecule is COC(=O)[C@@H]1C2CCC(CC2)[C@H]1N.COC(=O)[C@H]1C2CCC(CC2)[C@@H]1N.Cl.Cl. The number of rotatable bonds is 2. The predicted octanol–water partition coefficient (Wildman–Crippen LogP) is 2.69. The highest BCUT2D eigenvalue weighted by atomic mass is 35.5. The summed E-state index contributed by atoms with van der Waals surface area (Å²) in [7, 11) is 2.91. The lowest BCUT2D eigenvalue weighted by molar-refractivity contribution is -0.153. The molecule has 6 aliphatic rings. The maximum absolute atomic E-state index is 11.5. The minimum absolute atomic E-state index is 0. The number of methoxy groups -OCH3 is 2. The van der Waals surface area contributed by atoms with Crippen molar-refractivity contribution in [3.8, 4) is 0 Å². The molecule has 6 rings (SSSR count). The highest BCUT2D eigenvalue weighted by molar-refractivity contribution is 5.85. The topological polar surface area (TPSA) is 105 Å². The quantitative estimate of drug-likeness (QED) is 0.641. The van der Waals surface area contributed by atoms with Gasteiger partial charge in [0.1, 0.15) is 0 Å². The van der Waals surface area contributed by atoms with Crippen LogP contribution in [-0.4, -0.2) is 38.2 Å². The molecule has 4 atom stereocenters. The van der Waals surface area contributed by atoms with Gasteiger partial charge in [-0.3, -0.25) is 9.59 Å². The van der Waals surface area contributed by atoms with Gasteiger partial charge in [-0.2, -0.15) is 0 Å². The van der Waals surface area contributed by atoms with E-state index in [4.69, 9.17) is 20.9 Å². The molecular weight excluding hydrogens is 403 g/mol. The number of hydrogen-bond donors (Lipinski definition) is 2. The van der Waals surface area contributed by atoms with Crippen molar-refractivity contribution < 1.29 is 19.1 Å². The van der Waals surface area contributed by atoms with Gasteiger partial charge in [0, 0.05) is 12.1 Å². The first kappa shape index (κ1) is 25.5.